The second kappa shape index (κ2) is 6.49. The molecule has 1 atom stereocenters. The number of rotatable bonds is 5. The topological polar surface area (TPSA) is 92.2 Å². The van der Waals surface area contributed by atoms with Crippen molar-refractivity contribution in [3.8, 4) is 5.75 Å². The van der Waals surface area contributed by atoms with E-state index in [1.54, 1.807) is 18.0 Å². The molecule has 2 heterocycles. The van der Waals surface area contributed by atoms with Crippen molar-refractivity contribution in [3.63, 3.8) is 0 Å². The van der Waals surface area contributed by atoms with Crippen LogP contribution < -0.4 is 10.1 Å². The number of fused-ring (bicyclic) bond motifs is 1. The smallest absolute Gasteiger partial charge is 0.268 e. The number of hydrogen-bond donors (Lipinski definition) is 3. The molecule has 7 nitrogen and oxygen atoms in total. The van der Waals surface area contributed by atoms with Gasteiger partial charge in [-0.15, -0.1) is 0 Å². The Balaban J connectivity index is 1.58. The predicted octanol–water partition coefficient (Wildman–Crippen LogP) is 2.15. The fourth-order valence-electron chi connectivity index (χ4n) is 3.56. The predicted molar refractivity (Wildman–Crippen MR) is 97.0 cm³/mol. The Bertz CT molecular complexity index is 939. The average Bonchev–Trinajstić information content (AvgIpc) is 3.22. The SMILES string of the molecule is COc1ccc2[nH]c(C(=O)N[C@@H](c3cnn(C)c3)C3CC(O)C3)cc2c1. The molecule has 136 valence electrons. The Morgan fingerprint density at radius 1 is 1.42 bits per heavy atom. The molecule has 1 aromatic carbocycles. The molecule has 0 unspecified atom stereocenters. The number of carbonyl (C=O) groups excluding carboxylic acids is 1. The highest BCUT2D eigenvalue weighted by molar-refractivity contribution is 5.98. The number of methoxy groups -OCH3 is 1. The number of amides is 1. The highest BCUT2D eigenvalue weighted by Gasteiger charge is 2.36. The van der Waals surface area contributed by atoms with Gasteiger partial charge in [0, 0.05) is 29.7 Å². The van der Waals surface area contributed by atoms with Crippen molar-refractivity contribution in [3.05, 3.63) is 47.9 Å². The number of aliphatic hydroxyl groups excluding tert-OH is 1. The summed E-state index contributed by atoms with van der Waals surface area (Å²) in [5.41, 5.74) is 2.34. The molecule has 4 rings (SSSR count). The number of aryl methyl sites for hydroxylation is 1. The first-order chi connectivity index (χ1) is 12.5. The summed E-state index contributed by atoms with van der Waals surface area (Å²) in [7, 11) is 3.47. The van der Waals surface area contributed by atoms with Gasteiger partial charge in [0.25, 0.3) is 5.91 Å². The van der Waals surface area contributed by atoms with Crippen LogP contribution in [0.5, 0.6) is 5.75 Å². The molecule has 7 heteroatoms. The Hall–Kier alpha value is -2.80. The number of H-pyrrole nitrogens is 1. The Morgan fingerprint density at radius 2 is 2.23 bits per heavy atom. The zero-order valence-corrected chi connectivity index (χ0v) is 14.8. The van der Waals surface area contributed by atoms with Crippen LogP contribution in [0.4, 0.5) is 0 Å². The van der Waals surface area contributed by atoms with E-state index in [0.717, 1.165) is 22.2 Å². The molecule has 0 aliphatic heterocycles. The number of nitrogens with one attached hydrogen (secondary N) is 2. The Kier molecular flexibility index (Phi) is 4.16. The lowest BCUT2D eigenvalue weighted by molar-refractivity contribution is 0.0234. The van der Waals surface area contributed by atoms with Crippen molar-refractivity contribution in [2.24, 2.45) is 13.0 Å². The third-order valence-corrected chi connectivity index (χ3v) is 5.06. The minimum Gasteiger partial charge on any atom is -0.497 e. The van der Waals surface area contributed by atoms with Gasteiger partial charge in [0.2, 0.25) is 0 Å². The van der Waals surface area contributed by atoms with Crippen molar-refractivity contribution in [1.29, 1.82) is 0 Å². The molecule has 1 saturated carbocycles. The highest BCUT2D eigenvalue weighted by atomic mass is 16.5. The van der Waals surface area contributed by atoms with E-state index in [1.165, 1.54) is 0 Å². The van der Waals surface area contributed by atoms with Gasteiger partial charge in [-0.05, 0) is 43.0 Å². The van der Waals surface area contributed by atoms with Crippen LogP contribution in [-0.4, -0.2) is 39.0 Å². The van der Waals surface area contributed by atoms with Crippen LogP contribution in [0.2, 0.25) is 0 Å². The first-order valence-corrected chi connectivity index (χ1v) is 8.67. The third kappa shape index (κ3) is 3.06. The zero-order valence-electron chi connectivity index (χ0n) is 14.8. The standard InChI is InChI=1S/C19H22N4O3/c1-23-10-13(9-20-23)18(12-5-14(24)6-12)22-19(25)17-8-11-7-15(26-2)3-4-16(11)21-17/h3-4,7-10,12,14,18,21,24H,5-6H2,1-2H3,(H,22,25)/t12?,14?,18-/m1/s1. The lowest BCUT2D eigenvalue weighted by Crippen LogP contribution is -2.41. The maximum absolute atomic E-state index is 12.8. The average molecular weight is 354 g/mol. The summed E-state index contributed by atoms with van der Waals surface area (Å²) in [6.45, 7) is 0. The summed E-state index contributed by atoms with van der Waals surface area (Å²) in [6.07, 6.45) is 4.77. The summed E-state index contributed by atoms with van der Waals surface area (Å²) in [5, 5.41) is 17.9. The summed E-state index contributed by atoms with van der Waals surface area (Å²) >= 11 is 0. The molecule has 0 saturated heterocycles. The molecule has 3 aromatic rings. The summed E-state index contributed by atoms with van der Waals surface area (Å²) in [6, 6.07) is 7.30. The highest BCUT2D eigenvalue weighted by Crippen LogP contribution is 2.38. The van der Waals surface area contributed by atoms with Crippen LogP contribution in [0.25, 0.3) is 10.9 Å². The largest absolute Gasteiger partial charge is 0.497 e. The zero-order chi connectivity index (χ0) is 18.3. The molecular formula is C19H22N4O3. The van der Waals surface area contributed by atoms with Gasteiger partial charge in [-0.25, -0.2) is 0 Å². The van der Waals surface area contributed by atoms with Gasteiger partial charge < -0.3 is 20.1 Å². The molecule has 0 bridgehead atoms. The molecule has 2 aromatic heterocycles. The molecule has 26 heavy (non-hydrogen) atoms. The number of nitrogens with zero attached hydrogens (tertiary/aromatic N) is 2. The van der Waals surface area contributed by atoms with Crippen molar-refractivity contribution < 1.29 is 14.6 Å². The van der Waals surface area contributed by atoms with Crippen LogP contribution in [0.3, 0.4) is 0 Å². The number of carbonyl (C=O) groups is 1. The van der Waals surface area contributed by atoms with E-state index in [2.05, 4.69) is 15.4 Å². The number of aliphatic hydroxyl groups is 1. The number of aromatic amines is 1. The van der Waals surface area contributed by atoms with Gasteiger partial charge in [0.05, 0.1) is 25.5 Å². The van der Waals surface area contributed by atoms with Crippen LogP contribution in [0.1, 0.15) is 34.9 Å². The van der Waals surface area contributed by atoms with E-state index in [4.69, 9.17) is 4.74 Å². The minimum atomic E-state index is -0.281. The van der Waals surface area contributed by atoms with E-state index in [1.807, 2.05) is 37.5 Å². The van der Waals surface area contributed by atoms with Crippen LogP contribution >= 0.6 is 0 Å². The molecule has 1 aliphatic carbocycles. The number of ether oxygens (including phenoxy) is 1. The second-order valence-electron chi connectivity index (χ2n) is 6.92. The number of aromatic nitrogens is 3. The summed E-state index contributed by atoms with van der Waals surface area (Å²) in [5.74, 6) is 0.790. The maximum atomic E-state index is 12.8. The summed E-state index contributed by atoms with van der Waals surface area (Å²) in [4.78, 5) is 16.0. The van der Waals surface area contributed by atoms with Gasteiger partial charge in [0.1, 0.15) is 11.4 Å². The third-order valence-electron chi connectivity index (χ3n) is 5.06. The van der Waals surface area contributed by atoms with Gasteiger partial charge in [-0.3, -0.25) is 9.48 Å². The normalized spacial score (nSPS) is 20.6. The Morgan fingerprint density at radius 3 is 2.88 bits per heavy atom. The molecule has 1 fully saturated rings. The lowest BCUT2D eigenvalue weighted by Gasteiger charge is -2.37. The quantitative estimate of drug-likeness (QED) is 0.655. The molecule has 3 N–H and O–H groups in total. The molecule has 1 amide bonds. The molecular weight excluding hydrogens is 332 g/mol. The van der Waals surface area contributed by atoms with Crippen LogP contribution in [0, 0.1) is 5.92 Å². The van der Waals surface area contributed by atoms with Crippen molar-refractivity contribution in [2.45, 2.75) is 25.0 Å². The number of benzene rings is 1. The Labute approximate surface area is 151 Å². The number of hydrogen-bond acceptors (Lipinski definition) is 4. The molecule has 0 radical (unpaired) electrons. The minimum absolute atomic E-state index is 0.166. The summed E-state index contributed by atoms with van der Waals surface area (Å²) < 4.78 is 6.95. The van der Waals surface area contributed by atoms with E-state index in [-0.39, 0.29) is 24.0 Å². The van der Waals surface area contributed by atoms with Gasteiger partial charge in [0.15, 0.2) is 0 Å². The van der Waals surface area contributed by atoms with Crippen molar-refractivity contribution >= 4 is 16.8 Å². The van der Waals surface area contributed by atoms with Gasteiger partial charge in [-0.2, -0.15) is 5.10 Å². The first-order valence-electron chi connectivity index (χ1n) is 8.67. The maximum Gasteiger partial charge on any atom is 0.268 e. The van der Waals surface area contributed by atoms with E-state index in [0.29, 0.717) is 18.5 Å². The van der Waals surface area contributed by atoms with Gasteiger partial charge >= 0.3 is 0 Å². The monoisotopic (exact) mass is 354 g/mol. The fraction of sp³-hybridized carbons (Fsp3) is 0.368. The second-order valence-corrected chi connectivity index (χ2v) is 6.92. The van der Waals surface area contributed by atoms with Crippen LogP contribution in [0.15, 0.2) is 36.7 Å². The molecule has 0 spiro atoms. The van der Waals surface area contributed by atoms with Crippen LogP contribution in [-0.2, 0) is 7.05 Å². The van der Waals surface area contributed by atoms with Crippen molar-refractivity contribution in [2.75, 3.05) is 7.11 Å². The van der Waals surface area contributed by atoms with E-state index in [9.17, 15) is 9.90 Å². The fourth-order valence-corrected chi connectivity index (χ4v) is 3.56. The molecule has 1 aliphatic rings. The van der Waals surface area contributed by atoms with Gasteiger partial charge in [-0.1, -0.05) is 0 Å². The van der Waals surface area contributed by atoms with E-state index >= 15 is 0 Å². The lowest BCUT2D eigenvalue weighted by atomic mass is 9.75. The van der Waals surface area contributed by atoms with E-state index < -0.39 is 0 Å². The first kappa shape index (κ1) is 16.7. The van der Waals surface area contributed by atoms with Crippen molar-refractivity contribution in [1.82, 2.24) is 20.1 Å².